The number of ether oxygens (including phenoxy) is 1. The molecule has 1 heterocycles. The second kappa shape index (κ2) is 6.32. The Balaban J connectivity index is 2.03. The van der Waals surface area contributed by atoms with E-state index in [1.54, 1.807) is 0 Å². The van der Waals surface area contributed by atoms with Crippen molar-refractivity contribution in [2.45, 2.75) is 13.0 Å². The van der Waals surface area contributed by atoms with Gasteiger partial charge >= 0.3 is 12.0 Å². The maximum Gasteiger partial charge on any atom is 0.338 e. The van der Waals surface area contributed by atoms with Crippen LogP contribution in [0.15, 0.2) is 18.2 Å². The van der Waals surface area contributed by atoms with Crippen LogP contribution >= 0.6 is 23.2 Å². The Labute approximate surface area is 130 Å². The van der Waals surface area contributed by atoms with Crippen molar-refractivity contribution in [3.8, 4) is 0 Å². The third-order valence-corrected chi connectivity index (χ3v) is 3.65. The molecule has 1 unspecified atom stereocenters. The second-order valence-electron chi connectivity index (χ2n) is 4.40. The fourth-order valence-electron chi connectivity index (χ4n) is 1.80. The predicted molar refractivity (Wildman–Crippen MR) is 76.5 cm³/mol. The molecule has 1 aromatic carbocycles. The number of amides is 3. The van der Waals surface area contributed by atoms with Crippen LogP contribution in [0.3, 0.4) is 0 Å². The number of nitrogens with zero attached hydrogens (tertiary/aromatic N) is 1. The highest BCUT2D eigenvalue weighted by molar-refractivity contribution is 6.42. The summed E-state index contributed by atoms with van der Waals surface area (Å²) < 4.78 is 5.04. The minimum absolute atomic E-state index is 0.176. The topological polar surface area (TPSA) is 75.7 Å². The number of imide groups is 1. The van der Waals surface area contributed by atoms with E-state index in [1.165, 1.54) is 25.1 Å². The van der Waals surface area contributed by atoms with Gasteiger partial charge in [0.15, 0.2) is 6.10 Å². The maximum atomic E-state index is 12.0. The van der Waals surface area contributed by atoms with Gasteiger partial charge in [0.25, 0.3) is 5.91 Å². The van der Waals surface area contributed by atoms with Crippen LogP contribution in [-0.4, -0.2) is 42.0 Å². The Morgan fingerprint density at radius 3 is 2.62 bits per heavy atom. The van der Waals surface area contributed by atoms with Crippen LogP contribution in [-0.2, 0) is 9.53 Å². The van der Waals surface area contributed by atoms with Gasteiger partial charge in [-0.05, 0) is 25.1 Å². The Hall–Kier alpha value is -1.79. The van der Waals surface area contributed by atoms with Crippen molar-refractivity contribution in [2.75, 3.05) is 13.1 Å². The van der Waals surface area contributed by atoms with Crippen LogP contribution in [0.2, 0.25) is 10.0 Å². The summed E-state index contributed by atoms with van der Waals surface area (Å²) in [5.74, 6) is -1.28. The zero-order valence-electron chi connectivity index (χ0n) is 11.1. The molecule has 3 amide bonds. The zero-order valence-corrected chi connectivity index (χ0v) is 12.6. The third-order valence-electron chi connectivity index (χ3n) is 2.91. The molecule has 112 valence electrons. The van der Waals surface area contributed by atoms with E-state index >= 15 is 0 Å². The van der Waals surface area contributed by atoms with Gasteiger partial charge in [0.05, 0.1) is 15.6 Å². The van der Waals surface area contributed by atoms with Gasteiger partial charge < -0.3 is 10.1 Å². The molecule has 2 rings (SSSR count). The number of nitrogens with one attached hydrogen (secondary N) is 1. The van der Waals surface area contributed by atoms with E-state index in [2.05, 4.69) is 5.32 Å². The van der Waals surface area contributed by atoms with Gasteiger partial charge in [0.1, 0.15) is 0 Å². The molecule has 1 aromatic rings. The molecule has 1 N–H and O–H groups in total. The van der Waals surface area contributed by atoms with Crippen molar-refractivity contribution in [2.24, 2.45) is 0 Å². The smallest absolute Gasteiger partial charge is 0.338 e. The normalized spacial score (nSPS) is 15.6. The van der Waals surface area contributed by atoms with E-state index < -0.39 is 24.0 Å². The van der Waals surface area contributed by atoms with Gasteiger partial charge in [0, 0.05) is 13.1 Å². The van der Waals surface area contributed by atoms with Crippen molar-refractivity contribution in [1.82, 2.24) is 10.2 Å². The quantitative estimate of drug-likeness (QED) is 0.861. The first-order chi connectivity index (χ1) is 9.90. The summed E-state index contributed by atoms with van der Waals surface area (Å²) in [6.07, 6.45) is -1.07. The van der Waals surface area contributed by atoms with E-state index in [0.717, 1.165) is 4.90 Å². The van der Waals surface area contributed by atoms with Crippen LogP contribution in [0.4, 0.5) is 4.79 Å². The van der Waals surface area contributed by atoms with Gasteiger partial charge in [0.2, 0.25) is 0 Å². The van der Waals surface area contributed by atoms with Crippen molar-refractivity contribution in [3.05, 3.63) is 33.8 Å². The molecule has 8 heteroatoms. The number of rotatable bonds is 3. The van der Waals surface area contributed by atoms with Crippen LogP contribution < -0.4 is 5.32 Å². The van der Waals surface area contributed by atoms with Gasteiger partial charge in [-0.15, -0.1) is 0 Å². The van der Waals surface area contributed by atoms with Gasteiger partial charge in [-0.1, -0.05) is 23.2 Å². The molecule has 1 saturated heterocycles. The van der Waals surface area contributed by atoms with E-state index in [1.807, 2.05) is 0 Å². The first kappa shape index (κ1) is 15.6. The average Bonchev–Trinajstić information content (AvgIpc) is 2.87. The Morgan fingerprint density at radius 2 is 2.05 bits per heavy atom. The fourth-order valence-corrected chi connectivity index (χ4v) is 2.10. The third kappa shape index (κ3) is 3.46. The van der Waals surface area contributed by atoms with Crippen molar-refractivity contribution in [3.63, 3.8) is 0 Å². The first-order valence-corrected chi connectivity index (χ1v) is 6.91. The molecule has 1 aliphatic heterocycles. The van der Waals surface area contributed by atoms with Gasteiger partial charge in [-0.3, -0.25) is 9.69 Å². The number of hydrogen-bond donors (Lipinski definition) is 1. The van der Waals surface area contributed by atoms with Crippen LogP contribution in [0.25, 0.3) is 0 Å². The molecule has 1 aliphatic rings. The molecule has 0 saturated carbocycles. The lowest BCUT2D eigenvalue weighted by Gasteiger charge is -2.18. The first-order valence-electron chi connectivity index (χ1n) is 6.15. The molecule has 21 heavy (non-hydrogen) atoms. The molecule has 0 bridgehead atoms. The number of hydrogen-bond acceptors (Lipinski definition) is 4. The highest BCUT2D eigenvalue weighted by atomic mass is 35.5. The van der Waals surface area contributed by atoms with Gasteiger partial charge in [-0.25, -0.2) is 9.59 Å². The molecule has 0 aromatic heterocycles. The number of esters is 1. The van der Waals surface area contributed by atoms with Crippen molar-refractivity contribution < 1.29 is 19.1 Å². The molecule has 0 aliphatic carbocycles. The molecular weight excluding hydrogens is 319 g/mol. The molecule has 1 fully saturated rings. The zero-order chi connectivity index (χ0) is 15.6. The van der Waals surface area contributed by atoms with E-state index in [4.69, 9.17) is 27.9 Å². The van der Waals surface area contributed by atoms with E-state index in [-0.39, 0.29) is 17.1 Å². The average molecular weight is 331 g/mol. The summed E-state index contributed by atoms with van der Waals surface area (Å²) in [5.41, 5.74) is 0.176. The lowest BCUT2D eigenvalue weighted by atomic mass is 10.2. The highest BCUT2D eigenvalue weighted by Crippen LogP contribution is 2.23. The van der Waals surface area contributed by atoms with E-state index in [0.29, 0.717) is 11.6 Å². The lowest BCUT2D eigenvalue weighted by Crippen LogP contribution is -2.41. The lowest BCUT2D eigenvalue weighted by molar-refractivity contribution is -0.136. The van der Waals surface area contributed by atoms with Crippen molar-refractivity contribution in [1.29, 1.82) is 0 Å². The van der Waals surface area contributed by atoms with Crippen LogP contribution in [0.5, 0.6) is 0 Å². The molecule has 1 atom stereocenters. The number of carbonyl (C=O) groups is 3. The Morgan fingerprint density at radius 1 is 1.33 bits per heavy atom. The second-order valence-corrected chi connectivity index (χ2v) is 5.21. The summed E-state index contributed by atoms with van der Waals surface area (Å²) in [4.78, 5) is 36.3. The number of carbonyl (C=O) groups excluding carboxylic acids is 3. The summed E-state index contributed by atoms with van der Waals surface area (Å²) in [5, 5.41) is 3.02. The predicted octanol–water partition coefficient (Wildman–Crippen LogP) is 2.09. The summed E-state index contributed by atoms with van der Waals surface area (Å²) in [6, 6.07) is 3.76. The Kier molecular flexibility index (Phi) is 4.69. The highest BCUT2D eigenvalue weighted by Gasteiger charge is 2.31. The standard InChI is InChI=1S/C13H12Cl2N2O4/c1-7(11(18)17-5-4-16-13(17)20)21-12(19)8-2-3-9(14)10(15)6-8/h2-3,6-7H,4-5H2,1H3,(H,16,20). The Bertz CT molecular complexity index is 606. The molecular formula is C13H12Cl2N2O4. The molecule has 0 spiro atoms. The SMILES string of the molecule is CC(OC(=O)c1ccc(Cl)c(Cl)c1)C(=O)N1CCNC1=O. The number of benzene rings is 1. The fraction of sp³-hybridized carbons (Fsp3) is 0.308. The van der Waals surface area contributed by atoms with Crippen molar-refractivity contribution >= 4 is 41.1 Å². The minimum atomic E-state index is -1.07. The van der Waals surface area contributed by atoms with Crippen LogP contribution in [0.1, 0.15) is 17.3 Å². The summed E-state index contributed by atoms with van der Waals surface area (Å²) in [7, 11) is 0. The summed E-state index contributed by atoms with van der Waals surface area (Å²) >= 11 is 11.6. The monoisotopic (exact) mass is 330 g/mol. The minimum Gasteiger partial charge on any atom is -0.449 e. The number of halogens is 2. The number of urea groups is 1. The summed E-state index contributed by atoms with van der Waals surface area (Å²) in [6.45, 7) is 2.05. The molecule has 6 nitrogen and oxygen atoms in total. The largest absolute Gasteiger partial charge is 0.449 e. The van der Waals surface area contributed by atoms with Gasteiger partial charge in [-0.2, -0.15) is 0 Å². The maximum absolute atomic E-state index is 12.0. The molecule has 0 radical (unpaired) electrons. The van der Waals surface area contributed by atoms with Crippen LogP contribution in [0, 0.1) is 0 Å². The van der Waals surface area contributed by atoms with E-state index in [9.17, 15) is 14.4 Å².